The molecule has 6 nitrogen and oxygen atoms in total. The Labute approximate surface area is 187 Å². The fourth-order valence-electron chi connectivity index (χ4n) is 4.04. The van der Waals surface area contributed by atoms with Crippen molar-refractivity contribution in [2.75, 3.05) is 0 Å². The van der Waals surface area contributed by atoms with E-state index in [1.54, 1.807) is 12.4 Å². The van der Waals surface area contributed by atoms with Gasteiger partial charge in [-0.3, -0.25) is 14.3 Å². The number of carbonyl (C=O) groups is 1. The largest absolute Gasteiger partial charge is 0.352 e. The summed E-state index contributed by atoms with van der Waals surface area (Å²) in [5, 5.41) is 12.6. The lowest BCUT2D eigenvalue weighted by Crippen LogP contribution is -2.44. The highest BCUT2D eigenvalue weighted by molar-refractivity contribution is 8.00. The molecule has 0 aliphatic heterocycles. The van der Waals surface area contributed by atoms with E-state index < -0.39 is 0 Å². The Morgan fingerprint density at radius 3 is 2.71 bits per heavy atom. The molecule has 1 saturated carbocycles. The number of nitrogens with zero attached hydrogens (tertiary/aromatic N) is 4. The highest BCUT2D eigenvalue weighted by Crippen LogP contribution is 2.29. The zero-order valence-corrected chi connectivity index (χ0v) is 18.9. The molecule has 31 heavy (non-hydrogen) atoms. The molecule has 1 aliphatic carbocycles. The fourth-order valence-corrected chi connectivity index (χ4v) is 4.89. The Balaban J connectivity index is 1.54. The molecular weight excluding hydrogens is 406 g/mol. The standard InChI is InChI=1S/C24H29N5OS/c1-17-9-6-7-13-21(17)26-23(30)18(2)31-24-28-27-22(20-12-8-14-25-15-20)29(24)16-19-10-4-3-5-11-19/h3-5,8,10-12,14-15,17-18,21H,6-7,9,13,16H2,1-2H3,(H,26,30). The van der Waals surface area contributed by atoms with E-state index in [9.17, 15) is 4.79 Å². The second-order valence-electron chi connectivity index (χ2n) is 8.26. The van der Waals surface area contributed by atoms with Crippen LogP contribution in [0.3, 0.4) is 0 Å². The maximum Gasteiger partial charge on any atom is 0.233 e. The molecule has 0 radical (unpaired) electrons. The van der Waals surface area contributed by atoms with E-state index in [1.165, 1.54) is 31.0 Å². The van der Waals surface area contributed by atoms with Gasteiger partial charge in [-0.2, -0.15) is 0 Å². The van der Waals surface area contributed by atoms with E-state index in [1.807, 2.05) is 37.3 Å². The number of pyridine rings is 1. The van der Waals surface area contributed by atoms with Crippen molar-refractivity contribution in [2.45, 2.75) is 62.5 Å². The van der Waals surface area contributed by atoms with Crippen molar-refractivity contribution in [2.24, 2.45) is 5.92 Å². The number of hydrogen-bond acceptors (Lipinski definition) is 5. The summed E-state index contributed by atoms with van der Waals surface area (Å²) in [5.41, 5.74) is 2.06. The van der Waals surface area contributed by atoms with Crippen molar-refractivity contribution in [3.63, 3.8) is 0 Å². The SMILES string of the molecule is CC(Sc1nnc(-c2cccnc2)n1Cc1ccccc1)C(=O)NC1CCCCC1C. The Morgan fingerprint density at radius 1 is 1.16 bits per heavy atom. The Kier molecular flexibility index (Phi) is 7.02. The minimum atomic E-state index is -0.255. The molecule has 3 aromatic rings. The van der Waals surface area contributed by atoms with E-state index in [2.05, 4.69) is 44.1 Å². The molecule has 1 N–H and O–H groups in total. The van der Waals surface area contributed by atoms with Crippen LogP contribution in [0.4, 0.5) is 0 Å². The van der Waals surface area contributed by atoms with E-state index in [0.717, 1.165) is 28.5 Å². The second kappa shape index (κ2) is 10.1. The summed E-state index contributed by atoms with van der Waals surface area (Å²) in [7, 11) is 0. The highest BCUT2D eigenvalue weighted by Gasteiger charge is 2.26. The summed E-state index contributed by atoms with van der Waals surface area (Å²) >= 11 is 1.46. The van der Waals surface area contributed by atoms with Crippen molar-refractivity contribution in [3.05, 3.63) is 60.4 Å². The third-order valence-corrected chi connectivity index (χ3v) is 6.99. The summed E-state index contributed by atoms with van der Waals surface area (Å²) in [6.45, 7) is 4.81. The molecule has 3 unspecified atom stereocenters. The van der Waals surface area contributed by atoms with Gasteiger partial charge in [0.2, 0.25) is 5.91 Å². The Hall–Kier alpha value is -2.67. The van der Waals surface area contributed by atoms with Crippen LogP contribution in [0.1, 0.15) is 45.1 Å². The molecule has 0 saturated heterocycles. The monoisotopic (exact) mass is 435 g/mol. The van der Waals surface area contributed by atoms with Gasteiger partial charge in [0, 0.05) is 24.0 Å². The third-order valence-electron chi connectivity index (χ3n) is 5.91. The van der Waals surface area contributed by atoms with Crippen molar-refractivity contribution < 1.29 is 4.79 Å². The lowest BCUT2D eigenvalue weighted by Gasteiger charge is -2.30. The van der Waals surface area contributed by atoms with Crippen molar-refractivity contribution in [1.29, 1.82) is 0 Å². The maximum atomic E-state index is 12.9. The average molecular weight is 436 g/mol. The fraction of sp³-hybridized carbons (Fsp3) is 0.417. The van der Waals surface area contributed by atoms with Gasteiger partial charge < -0.3 is 5.32 Å². The summed E-state index contributed by atoms with van der Waals surface area (Å²) in [5.74, 6) is 1.36. The number of rotatable bonds is 7. The number of hydrogen-bond donors (Lipinski definition) is 1. The van der Waals surface area contributed by atoms with Gasteiger partial charge in [-0.15, -0.1) is 10.2 Å². The van der Waals surface area contributed by atoms with Crippen LogP contribution in [0.25, 0.3) is 11.4 Å². The Morgan fingerprint density at radius 2 is 1.97 bits per heavy atom. The summed E-state index contributed by atoms with van der Waals surface area (Å²) in [6, 6.07) is 14.4. The van der Waals surface area contributed by atoms with Crippen LogP contribution in [-0.2, 0) is 11.3 Å². The number of benzene rings is 1. The zero-order valence-electron chi connectivity index (χ0n) is 18.1. The Bertz CT molecular complexity index is 992. The molecule has 2 heterocycles. The molecule has 2 aromatic heterocycles. The third kappa shape index (κ3) is 5.34. The van der Waals surface area contributed by atoms with E-state index in [4.69, 9.17) is 0 Å². The van der Waals surface area contributed by atoms with Crippen LogP contribution in [0, 0.1) is 5.92 Å². The van der Waals surface area contributed by atoms with Crippen molar-refractivity contribution in [3.8, 4) is 11.4 Å². The molecular formula is C24H29N5OS. The van der Waals surface area contributed by atoms with Crippen LogP contribution < -0.4 is 5.32 Å². The van der Waals surface area contributed by atoms with Crippen LogP contribution in [0.2, 0.25) is 0 Å². The van der Waals surface area contributed by atoms with E-state index in [-0.39, 0.29) is 17.2 Å². The number of nitrogens with one attached hydrogen (secondary N) is 1. The van der Waals surface area contributed by atoms with Crippen LogP contribution in [0.5, 0.6) is 0 Å². The average Bonchev–Trinajstić information content (AvgIpc) is 3.18. The topological polar surface area (TPSA) is 72.7 Å². The molecule has 1 aromatic carbocycles. The quantitative estimate of drug-likeness (QED) is 0.551. The smallest absolute Gasteiger partial charge is 0.233 e. The van der Waals surface area contributed by atoms with Crippen LogP contribution in [-0.4, -0.2) is 36.9 Å². The zero-order chi connectivity index (χ0) is 21.6. The number of aromatic nitrogens is 4. The number of carbonyl (C=O) groups excluding carboxylic acids is 1. The lowest BCUT2D eigenvalue weighted by molar-refractivity contribution is -0.121. The normalized spacial score (nSPS) is 19.7. The molecule has 1 amide bonds. The first-order chi connectivity index (χ1) is 15.1. The lowest BCUT2D eigenvalue weighted by atomic mass is 9.86. The second-order valence-corrected chi connectivity index (χ2v) is 9.56. The summed E-state index contributed by atoms with van der Waals surface area (Å²) in [6.07, 6.45) is 8.25. The van der Waals surface area contributed by atoms with E-state index in [0.29, 0.717) is 12.5 Å². The van der Waals surface area contributed by atoms with Gasteiger partial charge in [0.05, 0.1) is 11.8 Å². The van der Waals surface area contributed by atoms with Gasteiger partial charge in [0.1, 0.15) is 0 Å². The molecule has 0 bridgehead atoms. The van der Waals surface area contributed by atoms with Gasteiger partial charge in [0.15, 0.2) is 11.0 Å². The predicted octanol–water partition coefficient (Wildman–Crippen LogP) is 4.56. The molecule has 162 valence electrons. The minimum absolute atomic E-state index is 0.0703. The van der Waals surface area contributed by atoms with Crippen molar-refractivity contribution in [1.82, 2.24) is 25.1 Å². The molecule has 1 fully saturated rings. The molecule has 1 aliphatic rings. The molecule has 3 atom stereocenters. The summed E-state index contributed by atoms with van der Waals surface area (Å²) < 4.78 is 2.07. The predicted molar refractivity (Wildman–Crippen MR) is 124 cm³/mol. The van der Waals surface area contributed by atoms with Gasteiger partial charge in [0.25, 0.3) is 0 Å². The van der Waals surface area contributed by atoms with Gasteiger partial charge in [-0.05, 0) is 43.4 Å². The van der Waals surface area contributed by atoms with Crippen LogP contribution >= 0.6 is 11.8 Å². The van der Waals surface area contributed by atoms with Gasteiger partial charge in [-0.25, -0.2) is 0 Å². The van der Waals surface area contributed by atoms with Crippen LogP contribution in [0.15, 0.2) is 60.0 Å². The maximum absolute atomic E-state index is 12.9. The first-order valence-electron chi connectivity index (χ1n) is 11.0. The highest BCUT2D eigenvalue weighted by atomic mass is 32.2. The van der Waals surface area contributed by atoms with Gasteiger partial charge >= 0.3 is 0 Å². The minimum Gasteiger partial charge on any atom is -0.352 e. The number of amides is 1. The first-order valence-corrected chi connectivity index (χ1v) is 11.8. The van der Waals surface area contributed by atoms with Gasteiger partial charge in [-0.1, -0.05) is 61.9 Å². The number of thioether (sulfide) groups is 1. The summed E-state index contributed by atoms with van der Waals surface area (Å²) in [4.78, 5) is 17.1. The molecule has 4 rings (SSSR count). The molecule has 0 spiro atoms. The van der Waals surface area contributed by atoms with Crippen molar-refractivity contribution >= 4 is 17.7 Å². The first kappa shape index (κ1) is 21.6. The van der Waals surface area contributed by atoms with E-state index >= 15 is 0 Å². The molecule has 7 heteroatoms.